The van der Waals surface area contributed by atoms with Gasteiger partial charge in [-0.3, -0.25) is 4.79 Å². The first-order valence-corrected chi connectivity index (χ1v) is 5.37. The van der Waals surface area contributed by atoms with Crippen LogP contribution in [0.25, 0.3) is 11.4 Å². The molecule has 5 nitrogen and oxygen atoms in total. The highest BCUT2D eigenvalue weighted by molar-refractivity contribution is 5.54. The van der Waals surface area contributed by atoms with Gasteiger partial charge in [0.1, 0.15) is 5.69 Å². The lowest BCUT2D eigenvalue weighted by molar-refractivity contribution is 0.725. The molecule has 1 heterocycles. The first kappa shape index (κ1) is 11.5. The summed E-state index contributed by atoms with van der Waals surface area (Å²) in [7, 11) is 0. The summed E-state index contributed by atoms with van der Waals surface area (Å²) in [6, 6.07) is 7.27. The van der Waals surface area contributed by atoms with Gasteiger partial charge < -0.3 is 10.7 Å². The third kappa shape index (κ3) is 2.39. The van der Waals surface area contributed by atoms with Crippen molar-refractivity contribution in [2.24, 2.45) is 5.73 Å². The van der Waals surface area contributed by atoms with Crippen LogP contribution in [0, 0.1) is 6.92 Å². The van der Waals surface area contributed by atoms with Gasteiger partial charge in [-0.05, 0) is 13.8 Å². The summed E-state index contributed by atoms with van der Waals surface area (Å²) in [5.41, 5.74) is 7.54. The van der Waals surface area contributed by atoms with E-state index in [1.54, 1.807) is 6.92 Å². The van der Waals surface area contributed by atoms with E-state index >= 15 is 0 Å². The second-order valence-corrected chi connectivity index (χ2v) is 4.04. The lowest BCUT2D eigenvalue weighted by atomic mass is 10.1. The summed E-state index contributed by atoms with van der Waals surface area (Å²) in [6.07, 6.45) is 0. The van der Waals surface area contributed by atoms with Crippen LogP contribution in [-0.4, -0.2) is 15.2 Å². The number of hydrogen-bond acceptors (Lipinski definition) is 4. The van der Waals surface area contributed by atoms with E-state index in [-0.39, 0.29) is 11.3 Å². The Morgan fingerprint density at radius 2 is 1.88 bits per heavy atom. The Morgan fingerprint density at radius 1 is 1.24 bits per heavy atom. The van der Waals surface area contributed by atoms with Gasteiger partial charge in [-0.2, -0.15) is 0 Å². The normalized spacial score (nSPS) is 12.4. The number of H-pyrrole nitrogens is 1. The summed E-state index contributed by atoms with van der Waals surface area (Å²) >= 11 is 0. The van der Waals surface area contributed by atoms with Crippen molar-refractivity contribution >= 4 is 0 Å². The zero-order valence-electron chi connectivity index (χ0n) is 9.77. The van der Waals surface area contributed by atoms with E-state index in [1.807, 2.05) is 31.2 Å². The Labute approximate surface area is 98.7 Å². The lowest BCUT2D eigenvalue weighted by Gasteiger charge is -2.04. The van der Waals surface area contributed by atoms with Crippen molar-refractivity contribution in [3.63, 3.8) is 0 Å². The predicted molar refractivity (Wildman–Crippen MR) is 65.4 cm³/mol. The van der Waals surface area contributed by atoms with Gasteiger partial charge in [-0.1, -0.05) is 29.8 Å². The predicted octanol–water partition coefficient (Wildman–Crippen LogP) is 1.16. The minimum atomic E-state index is -0.418. The third-order valence-electron chi connectivity index (χ3n) is 2.48. The monoisotopic (exact) mass is 230 g/mol. The first-order chi connectivity index (χ1) is 8.08. The molecule has 1 unspecified atom stereocenters. The van der Waals surface area contributed by atoms with Crippen molar-refractivity contribution in [3.05, 3.63) is 45.9 Å². The van der Waals surface area contributed by atoms with Gasteiger partial charge in [0.2, 0.25) is 0 Å². The van der Waals surface area contributed by atoms with E-state index in [9.17, 15) is 4.79 Å². The van der Waals surface area contributed by atoms with Crippen LogP contribution in [-0.2, 0) is 0 Å². The third-order valence-corrected chi connectivity index (χ3v) is 2.48. The van der Waals surface area contributed by atoms with Crippen molar-refractivity contribution in [2.75, 3.05) is 0 Å². The maximum atomic E-state index is 11.7. The fourth-order valence-electron chi connectivity index (χ4n) is 1.49. The Balaban J connectivity index is 2.45. The largest absolute Gasteiger partial charge is 0.323 e. The molecule has 2 rings (SSSR count). The van der Waals surface area contributed by atoms with Crippen molar-refractivity contribution in [1.29, 1.82) is 0 Å². The van der Waals surface area contributed by atoms with E-state index in [4.69, 9.17) is 5.73 Å². The molecule has 2 aromatic rings. The van der Waals surface area contributed by atoms with Crippen LogP contribution in [0.4, 0.5) is 0 Å². The van der Waals surface area contributed by atoms with E-state index in [0.29, 0.717) is 5.82 Å². The summed E-state index contributed by atoms with van der Waals surface area (Å²) < 4.78 is 0. The van der Waals surface area contributed by atoms with Crippen LogP contribution in [0.1, 0.15) is 24.2 Å². The molecule has 0 amide bonds. The SMILES string of the molecule is Cc1ccc(-c2nnc(C(C)N)c(=O)[nH]2)cc1. The maximum absolute atomic E-state index is 11.7. The molecule has 5 heteroatoms. The molecular weight excluding hydrogens is 216 g/mol. The Morgan fingerprint density at radius 3 is 2.41 bits per heavy atom. The Hall–Kier alpha value is -2.01. The molecule has 1 atom stereocenters. The average molecular weight is 230 g/mol. The summed E-state index contributed by atoms with van der Waals surface area (Å²) in [6.45, 7) is 3.70. The smallest absolute Gasteiger partial charge is 0.274 e. The van der Waals surface area contributed by atoms with Gasteiger partial charge in [-0.25, -0.2) is 0 Å². The van der Waals surface area contributed by atoms with Crippen LogP contribution >= 0.6 is 0 Å². The summed E-state index contributed by atoms with van der Waals surface area (Å²) in [5, 5.41) is 7.83. The van der Waals surface area contributed by atoms with Crippen LogP contribution in [0.15, 0.2) is 29.1 Å². The van der Waals surface area contributed by atoms with E-state index in [0.717, 1.165) is 11.1 Å². The molecule has 1 aromatic heterocycles. The molecule has 3 N–H and O–H groups in total. The zero-order valence-corrected chi connectivity index (χ0v) is 9.77. The second-order valence-electron chi connectivity index (χ2n) is 4.04. The summed E-state index contributed by atoms with van der Waals surface area (Å²) in [5.74, 6) is 0.458. The molecule has 0 aliphatic carbocycles. The number of rotatable bonds is 2. The van der Waals surface area contributed by atoms with Crippen molar-refractivity contribution in [1.82, 2.24) is 15.2 Å². The number of aromatic amines is 1. The number of aryl methyl sites for hydroxylation is 1. The molecule has 17 heavy (non-hydrogen) atoms. The highest BCUT2D eigenvalue weighted by Gasteiger charge is 2.09. The molecule has 0 saturated heterocycles. The fourth-order valence-corrected chi connectivity index (χ4v) is 1.49. The van der Waals surface area contributed by atoms with Gasteiger partial charge in [0.25, 0.3) is 5.56 Å². The number of nitrogens with zero attached hydrogens (tertiary/aromatic N) is 2. The molecule has 0 aliphatic heterocycles. The van der Waals surface area contributed by atoms with E-state index in [2.05, 4.69) is 15.2 Å². The lowest BCUT2D eigenvalue weighted by Crippen LogP contribution is -2.23. The molecule has 0 radical (unpaired) electrons. The molecule has 0 saturated carbocycles. The highest BCUT2D eigenvalue weighted by atomic mass is 16.1. The average Bonchev–Trinajstić information content (AvgIpc) is 2.29. The zero-order chi connectivity index (χ0) is 12.4. The van der Waals surface area contributed by atoms with E-state index in [1.165, 1.54) is 0 Å². The summed E-state index contributed by atoms with van der Waals surface area (Å²) in [4.78, 5) is 14.4. The van der Waals surface area contributed by atoms with Crippen LogP contribution < -0.4 is 11.3 Å². The maximum Gasteiger partial charge on any atom is 0.274 e. The topological polar surface area (TPSA) is 84.7 Å². The van der Waals surface area contributed by atoms with E-state index < -0.39 is 6.04 Å². The van der Waals surface area contributed by atoms with Gasteiger partial charge in [0.15, 0.2) is 5.82 Å². The van der Waals surface area contributed by atoms with Crippen LogP contribution in [0.2, 0.25) is 0 Å². The molecule has 1 aromatic carbocycles. The Kier molecular flexibility index (Phi) is 3.01. The molecule has 88 valence electrons. The number of aromatic nitrogens is 3. The minimum Gasteiger partial charge on any atom is -0.323 e. The molecule has 0 bridgehead atoms. The second kappa shape index (κ2) is 4.47. The van der Waals surface area contributed by atoms with Crippen molar-refractivity contribution < 1.29 is 0 Å². The van der Waals surface area contributed by atoms with Crippen LogP contribution in [0.3, 0.4) is 0 Å². The number of benzene rings is 1. The standard InChI is InChI=1S/C12H14N4O/c1-7-3-5-9(6-4-7)11-14-12(17)10(8(2)13)15-16-11/h3-6,8H,13H2,1-2H3,(H,14,16,17). The number of nitrogens with two attached hydrogens (primary N) is 1. The minimum absolute atomic E-state index is 0.251. The van der Waals surface area contributed by atoms with Gasteiger partial charge in [0.05, 0.1) is 6.04 Å². The molecule has 0 aliphatic rings. The highest BCUT2D eigenvalue weighted by Crippen LogP contribution is 2.13. The molecule has 0 spiro atoms. The van der Waals surface area contributed by atoms with Gasteiger partial charge in [-0.15, -0.1) is 10.2 Å². The van der Waals surface area contributed by atoms with Gasteiger partial charge in [0, 0.05) is 5.56 Å². The number of hydrogen-bond donors (Lipinski definition) is 2. The van der Waals surface area contributed by atoms with Crippen molar-refractivity contribution in [2.45, 2.75) is 19.9 Å². The van der Waals surface area contributed by atoms with Gasteiger partial charge >= 0.3 is 0 Å². The molecule has 0 fully saturated rings. The fraction of sp³-hybridized carbons (Fsp3) is 0.250. The molecular formula is C12H14N4O. The van der Waals surface area contributed by atoms with Crippen LogP contribution in [0.5, 0.6) is 0 Å². The quantitative estimate of drug-likeness (QED) is 0.810. The number of nitrogens with one attached hydrogen (secondary N) is 1. The van der Waals surface area contributed by atoms with Crippen molar-refractivity contribution in [3.8, 4) is 11.4 Å². The first-order valence-electron chi connectivity index (χ1n) is 5.37. The Bertz CT molecular complexity index is 572.